The molecule has 1 aliphatic rings. The molecule has 1 aliphatic heterocycles. The first kappa shape index (κ1) is 12.9. The molecule has 1 aromatic carbocycles. The lowest BCUT2D eigenvalue weighted by molar-refractivity contribution is 0.0724. The molecule has 0 spiro atoms. The Morgan fingerprint density at radius 2 is 2.29 bits per heavy atom. The molecule has 3 unspecified atom stereocenters. The van der Waals surface area contributed by atoms with E-state index in [0.717, 1.165) is 28.8 Å². The van der Waals surface area contributed by atoms with Crippen LogP contribution in [0, 0.1) is 5.92 Å². The van der Waals surface area contributed by atoms with Gasteiger partial charge < -0.3 is 15.2 Å². The lowest BCUT2D eigenvalue weighted by Crippen LogP contribution is -2.29. The Morgan fingerprint density at radius 3 is 2.82 bits per heavy atom. The maximum Gasteiger partial charge on any atom is 0.133 e. The fourth-order valence-electron chi connectivity index (χ4n) is 2.26. The zero-order valence-electron chi connectivity index (χ0n) is 10.2. The summed E-state index contributed by atoms with van der Waals surface area (Å²) in [6, 6.07) is 5.87. The highest BCUT2D eigenvalue weighted by Gasteiger charge is 2.30. The third-order valence-corrected chi connectivity index (χ3v) is 3.98. The van der Waals surface area contributed by atoms with E-state index in [9.17, 15) is 0 Å². The summed E-state index contributed by atoms with van der Waals surface area (Å²) in [5, 5.41) is 0. The van der Waals surface area contributed by atoms with Gasteiger partial charge in [-0.25, -0.2) is 0 Å². The van der Waals surface area contributed by atoms with Gasteiger partial charge in [-0.15, -0.1) is 0 Å². The number of benzene rings is 1. The Labute approximate surface area is 110 Å². The summed E-state index contributed by atoms with van der Waals surface area (Å²) in [6.07, 6.45) is 1.21. The van der Waals surface area contributed by atoms with E-state index in [4.69, 9.17) is 15.2 Å². The van der Waals surface area contributed by atoms with E-state index in [-0.39, 0.29) is 12.1 Å². The third kappa shape index (κ3) is 2.64. The van der Waals surface area contributed by atoms with Gasteiger partial charge in [0.1, 0.15) is 5.75 Å². The van der Waals surface area contributed by atoms with Gasteiger partial charge in [0.05, 0.1) is 23.7 Å². The van der Waals surface area contributed by atoms with Crippen molar-refractivity contribution in [1.29, 1.82) is 0 Å². The summed E-state index contributed by atoms with van der Waals surface area (Å²) in [4.78, 5) is 0. The Balaban J connectivity index is 2.19. The number of hydrogen-bond donors (Lipinski definition) is 1. The fraction of sp³-hybridized carbons (Fsp3) is 0.538. The molecule has 3 nitrogen and oxygen atoms in total. The number of halogens is 1. The van der Waals surface area contributed by atoms with Crippen LogP contribution in [0.2, 0.25) is 0 Å². The first-order valence-electron chi connectivity index (χ1n) is 5.84. The van der Waals surface area contributed by atoms with Gasteiger partial charge in [0.15, 0.2) is 0 Å². The second-order valence-electron chi connectivity index (χ2n) is 4.52. The fourth-order valence-corrected chi connectivity index (χ4v) is 2.81. The summed E-state index contributed by atoms with van der Waals surface area (Å²) < 4.78 is 11.8. The van der Waals surface area contributed by atoms with E-state index in [1.165, 1.54) is 0 Å². The van der Waals surface area contributed by atoms with Gasteiger partial charge in [-0.05, 0) is 46.0 Å². The van der Waals surface area contributed by atoms with Crippen LogP contribution in [0.1, 0.15) is 24.9 Å². The van der Waals surface area contributed by atoms with Crippen molar-refractivity contribution in [2.45, 2.75) is 25.5 Å². The van der Waals surface area contributed by atoms with Gasteiger partial charge >= 0.3 is 0 Å². The van der Waals surface area contributed by atoms with Gasteiger partial charge in [-0.2, -0.15) is 0 Å². The highest BCUT2D eigenvalue weighted by molar-refractivity contribution is 9.10. The second-order valence-corrected chi connectivity index (χ2v) is 5.38. The molecule has 0 aliphatic carbocycles. The minimum absolute atomic E-state index is 0.0743. The second kappa shape index (κ2) is 5.38. The van der Waals surface area contributed by atoms with Crippen LogP contribution in [0.3, 0.4) is 0 Å². The number of ether oxygens (including phenoxy) is 2. The quantitative estimate of drug-likeness (QED) is 0.933. The van der Waals surface area contributed by atoms with Crippen molar-refractivity contribution in [2.75, 3.05) is 13.7 Å². The van der Waals surface area contributed by atoms with Crippen LogP contribution in [-0.4, -0.2) is 19.8 Å². The molecule has 1 heterocycles. The number of nitrogens with two attached hydrogens (primary N) is 1. The highest BCUT2D eigenvalue weighted by atomic mass is 79.9. The smallest absolute Gasteiger partial charge is 0.133 e. The zero-order valence-corrected chi connectivity index (χ0v) is 11.7. The number of hydrogen-bond acceptors (Lipinski definition) is 3. The monoisotopic (exact) mass is 299 g/mol. The summed E-state index contributed by atoms with van der Waals surface area (Å²) in [7, 11) is 1.65. The molecule has 0 saturated carbocycles. The summed E-state index contributed by atoms with van der Waals surface area (Å²) in [5.74, 6) is 1.34. The number of rotatable bonds is 3. The van der Waals surface area contributed by atoms with Crippen LogP contribution in [0.4, 0.5) is 0 Å². The van der Waals surface area contributed by atoms with Crippen LogP contribution < -0.4 is 10.5 Å². The maximum atomic E-state index is 6.26. The zero-order chi connectivity index (χ0) is 12.4. The maximum absolute atomic E-state index is 6.26. The first-order chi connectivity index (χ1) is 8.13. The molecule has 2 rings (SSSR count). The van der Waals surface area contributed by atoms with E-state index < -0.39 is 0 Å². The molecule has 94 valence electrons. The lowest BCUT2D eigenvalue weighted by atomic mass is 9.93. The molecule has 4 heteroatoms. The molecule has 0 bridgehead atoms. The predicted molar refractivity (Wildman–Crippen MR) is 71.1 cm³/mol. The van der Waals surface area contributed by atoms with Crippen LogP contribution in [0.5, 0.6) is 5.75 Å². The molecule has 0 amide bonds. The van der Waals surface area contributed by atoms with Crippen molar-refractivity contribution in [2.24, 2.45) is 11.7 Å². The van der Waals surface area contributed by atoms with E-state index in [0.29, 0.717) is 5.92 Å². The van der Waals surface area contributed by atoms with Crippen molar-refractivity contribution < 1.29 is 9.47 Å². The molecule has 2 N–H and O–H groups in total. The van der Waals surface area contributed by atoms with E-state index in [1.807, 2.05) is 18.2 Å². The van der Waals surface area contributed by atoms with Crippen molar-refractivity contribution in [3.05, 3.63) is 28.2 Å². The van der Waals surface area contributed by atoms with Crippen LogP contribution >= 0.6 is 15.9 Å². The van der Waals surface area contributed by atoms with E-state index >= 15 is 0 Å². The molecule has 1 aromatic rings. The average Bonchev–Trinajstić information content (AvgIpc) is 2.74. The number of methoxy groups -OCH3 is 1. The molecule has 1 saturated heterocycles. The van der Waals surface area contributed by atoms with Crippen LogP contribution in [0.25, 0.3) is 0 Å². The topological polar surface area (TPSA) is 44.5 Å². The Hall–Kier alpha value is -0.580. The van der Waals surface area contributed by atoms with Crippen LogP contribution in [0.15, 0.2) is 22.7 Å². The molecular weight excluding hydrogens is 282 g/mol. The first-order valence-corrected chi connectivity index (χ1v) is 6.63. The summed E-state index contributed by atoms with van der Waals surface area (Å²) >= 11 is 3.48. The Morgan fingerprint density at radius 1 is 1.53 bits per heavy atom. The van der Waals surface area contributed by atoms with Crippen molar-refractivity contribution in [1.82, 2.24) is 0 Å². The molecule has 1 fully saturated rings. The standard InChI is InChI=1S/C13H18BrNO2/c1-8-5-6-17-13(8)12(15)9-3-4-11(16-2)10(14)7-9/h3-4,7-8,12-13H,5-6,15H2,1-2H3. The minimum Gasteiger partial charge on any atom is -0.496 e. The van der Waals surface area contributed by atoms with Gasteiger partial charge in [0.2, 0.25) is 0 Å². The van der Waals surface area contributed by atoms with Gasteiger partial charge in [-0.3, -0.25) is 0 Å². The van der Waals surface area contributed by atoms with Crippen molar-refractivity contribution in [3.8, 4) is 5.75 Å². The molecule has 0 aromatic heterocycles. The molecule has 3 atom stereocenters. The minimum atomic E-state index is -0.0743. The van der Waals surface area contributed by atoms with Gasteiger partial charge in [-0.1, -0.05) is 13.0 Å². The Kier molecular flexibility index (Phi) is 4.07. The van der Waals surface area contributed by atoms with Crippen LogP contribution in [-0.2, 0) is 4.74 Å². The van der Waals surface area contributed by atoms with Gasteiger partial charge in [0, 0.05) is 6.61 Å². The van der Waals surface area contributed by atoms with Crippen molar-refractivity contribution >= 4 is 15.9 Å². The average molecular weight is 300 g/mol. The summed E-state index contributed by atoms with van der Waals surface area (Å²) in [5.41, 5.74) is 7.34. The van der Waals surface area contributed by atoms with E-state index in [1.54, 1.807) is 7.11 Å². The van der Waals surface area contributed by atoms with Gasteiger partial charge in [0.25, 0.3) is 0 Å². The SMILES string of the molecule is COc1ccc(C(N)C2OCCC2C)cc1Br. The summed E-state index contributed by atoms with van der Waals surface area (Å²) in [6.45, 7) is 3.01. The predicted octanol–water partition coefficient (Wildman–Crippen LogP) is 2.88. The molecule has 0 radical (unpaired) electrons. The lowest BCUT2D eigenvalue weighted by Gasteiger charge is -2.23. The molecule has 17 heavy (non-hydrogen) atoms. The van der Waals surface area contributed by atoms with E-state index in [2.05, 4.69) is 22.9 Å². The largest absolute Gasteiger partial charge is 0.496 e. The third-order valence-electron chi connectivity index (χ3n) is 3.36. The Bertz CT molecular complexity index is 397. The van der Waals surface area contributed by atoms with Crippen molar-refractivity contribution in [3.63, 3.8) is 0 Å². The molecular formula is C13H18BrNO2. The normalized spacial score (nSPS) is 25.9. The highest BCUT2D eigenvalue weighted by Crippen LogP contribution is 2.33.